The number of carbonyl (C=O) groups excluding carboxylic acids is 1. The molecule has 1 amide bonds. The number of halogens is 1. The Morgan fingerprint density at radius 3 is 2.61 bits per heavy atom. The molecule has 4 rings (SSSR count). The van der Waals surface area contributed by atoms with Gasteiger partial charge in [-0.25, -0.2) is 9.37 Å². The van der Waals surface area contributed by atoms with Crippen LogP contribution in [0.1, 0.15) is 39.9 Å². The second-order valence-corrected chi connectivity index (χ2v) is 8.85. The molecule has 1 fully saturated rings. The van der Waals surface area contributed by atoms with Crippen molar-refractivity contribution in [2.45, 2.75) is 25.9 Å². The second-order valence-electron chi connectivity index (χ2n) is 7.07. The second kappa shape index (κ2) is 8.11. The van der Waals surface area contributed by atoms with Crippen LogP contribution in [0.15, 0.2) is 41.1 Å². The maximum atomic E-state index is 13.1. The molecule has 1 saturated heterocycles. The van der Waals surface area contributed by atoms with Crippen molar-refractivity contribution in [3.8, 4) is 10.6 Å². The summed E-state index contributed by atoms with van der Waals surface area (Å²) in [6.45, 7) is 3.09. The number of carbonyl (C=O) groups is 1. The molecule has 1 aliphatic rings. The first-order valence-corrected chi connectivity index (χ1v) is 11.0. The van der Waals surface area contributed by atoms with Crippen molar-refractivity contribution in [1.29, 1.82) is 0 Å². The molecule has 0 aliphatic carbocycles. The van der Waals surface area contributed by atoms with Crippen molar-refractivity contribution in [2.75, 3.05) is 13.1 Å². The van der Waals surface area contributed by atoms with E-state index in [1.165, 1.54) is 23.5 Å². The van der Waals surface area contributed by atoms with E-state index in [1.54, 1.807) is 23.5 Å². The number of rotatable bonds is 4. The Labute approximate surface area is 171 Å². The lowest BCUT2D eigenvalue weighted by Gasteiger charge is -2.34. The number of likely N-dealkylation sites (tertiary alicyclic amines) is 1. The average molecular weight is 417 g/mol. The van der Waals surface area contributed by atoms with Gasteiger partial charge in [-0.3, -0.25) is 4.79 Å². The third-order valence-electron chi connectivity index (χ3n) is 5.24. The summed E-state index contributed by atoms with van der Waals surface area (Å²) in [6.07, 6.45) is 0.812. The minimum atomic E-state index is -0.631. The molecule has 4 nitrogen and oxygen atoms in total. The number of hydrogen-bond donors (Lipinski definition) is 1. The number of amides is 1. The van der Waals surface area contributed by atoms with Crippen LogP contribution in [0.2, 0.25) is 0 Å². The molecule has 1 aromatic carbocycles. The fourth-order valence-electron chi connectivity index (χ4n) is 3.60. The van der Waals surface area contributed by atoms with E-state index in [1.807, 2.05) is 28.7 Å². The SMILES string of the molecule is Cc1nc(-c2ccsc2)sc1C(=O)N1CCC(C(O)c2ccc(F)cc2)CC1. The molecule has 7 heteroatoms. The van der Waals surface area contributed by atoms with Crippen LogP contribution in [0.4, 0.5) is 4.39 Å². The van der Waals surface area contributed by atoms with Crippen LogP contribution >= 0.6 is 22.7 Å². The number of aryl methyl sites for hydroxylation is 1. The monoisotopic (exact) mass is 416 g/mol. The smallest absolute Gasteiger partial charge is 0.265 e. The number of aliphatic hydroxyl groups is 1. The van der Waals surface area contributed by atoms with E-state index in [2.05, 4.69) is 4.98 Å². The Balaban J connectivity index is 1.41. The van der Waals surface area contributed by atoms with Crippen molar-refractivity contribution in [3.63, 3.8) is 0 Å². The number of aliphatic hydroxyl groups excluding tert-OH is 1. The Bertz CT molecular complexity index is 945. The summed E-state index contributed by atoms with van der Waals surface area (Å²) in [5.74, 6) is -0.220. The number of hydrogen-bond acceptors (Lipinski definition) is 5. The zero-order valence-electron chi connectivity index (χ0n) is 15.5. The van der Waals surface area contributed by atoms with Gasteiger partial charge < -0.3 is 10.0 Å². The van der Waals surface area contributed by atoms with E-state index in [0.29, 0.717) is 18.0 Å². The first-order valence-electron chi connectivity index (χ1n) is 9.25. The van der Waals surface area contributed by atoms with Gasteiger partial charge in [0.05, 0.1) is 11.8 Å². The van der Waals surface area contributed by atoms with Gasteiger partial charge in [0.25, 0.3) is 5.91 Å². The maximum absolute atomic E-state index is 13.1. The Morgan fingerprint density at radius 2 is 1.96 bits per heavy atom. The molecule has 1 N–H and O–H groups in total. The number of piperidine rings is 1. The largest absolute Gasteiger partial charge is 0.388 e. The Hall–Kier alpha value is -2.09. The summed E-state index contributed by atoms with van der Waals surface area (Å²) in [5.41, 5.74) is 2.55. The van der Waals surface area contributed by atoms with Gasteiger partial charge in [0.2, 0.25) is 0 Å². The van der Waals surface area contributed by atoms with Gasteiger partial charge in [0.1, 0.15) is 15.7 Å². The van der Waals surface area contributed by atoms with E-state index >= 15 is 0 Å². The van der Waals surface area contributed by atoms with Crippen LogP contribution < -0.4 is 0 Å². The number of aromatic nitrogens is 1. The number of thiazole rings is 1. The molecule has 1 atom stereocenters. The molecular formula is C21H21FN2O2S2. The minimum absolute atomic E-state index is 0.0196. The molecule has 1 aliphatic heterocycles. The maximum Gasteiger partial charge on any atom is 0.265 e. The molecule has 2 aromatic heterocycles. The third kappa shape index (κ3) is 3.87. The van der Waals surface area contributed by atoms with E-state index in [-0.39, 0.29) is 17.6 Å². The van der Waals surface area contributed by atoms with Crippen LogP contribution in [0.25, 0.3) is 10.6 Å². The summed E-state index contributed by atoms with van der Waals surface area (Å²) in [6, 6.07) is 8.01. The average Bonchev–Trinajstić information content (AvgIpc) is 3.37. The van der Waals surface area contributed by atoms with E-state index < -0.39 is 6.10 Å². The van der Waals surface area contributed by atoms with Crippen LogP contribution in [0.5, 0.6) is 0 Å². The van der Waals surface area contributed by atoms with Crippen molar-refractivity contribution in [2.24, 2.45) is 5.92 Å². The summed E-state index contributed by atoms with van der Waals surface area (Å²) in [7, 11) is 0. The van der Waals surface area contributed by atoms with E-state index in [4.69, 9.17) is 0 Å². The third-order valence-corrected chi connectivity index (χ3v) is 7.12. The van der Waals surface area contributed by atoms with Crippen molar-refractivity contribution in [1.82, 2.24) is 9.88 Å². The Kier molecular flexibility index (Phi) is 5.57. The van der Waals surface area contributed by atoms with E-state index in [0.717, 1.165) is 34.7 Å². The minimum Gasteiger partial charge on any atom is -0.388 e. The Morgan fingerprint density at radius 1 is 1.25 bits per heavy atom. The lowest BCUT2D eigenvalue weighted by molar-refractivity contribution is 0.0464. The molecule has 0 bridgehead atoms. The zero-order valence-corrected chi connectivity index (χ0v) is 17.1. The summed E-state index contributed by atoms with van der Waals surface area (Å²) < 4.78 is 13.1. The van der Waals surface area contributed by atoms with Gasteiger partial charge in [-0.2, -0.15) is 11.3 Å². The van der Waals surface area contributed by atoms with Crippen LogP contribution in [-0.2, 0) is 0 Å². The quantitative estimate of drug-likeness (QED) is 0.658. The summed E-state index contributed by atoms with van der Waals surface area (Å²) in [5, 5.41) is 15.5. The molecule has 28 heavy (non-hydrogen) atoms. The number of benzene rings is 1. The van der Waals surface area contributed by atoms with Crippen molar-refractivity contribution in [3.05, 3.63) is 63.0 Å². The number of thiophene rings is 1. The van der Waals surface area contributed by atoms with Gasteiger partial charge >= 0.3 is 0 Å². The topological polar surface area (TPSA) is 53.4 Å². The van der Waals surface area contributed by atoms with Gasteiger partial charge in [0.15, 0.2) is 0 Å². The standard InChI is InChI=1S/C21H21FN2O2S2/c1-13-19(28-20(23-13)16-8-11-27-12-16)21(26)24-9-6-15(7-10-24)18(25)14-2-4-17(22)5-3-14/h2-5,8,11-12,15,18,25H,6-7,9-10H2,1H3. The van der Waals surface area contributed by atoms with E-state index in [9.17, 15) is 14.3 Å². The highest BCUT2D eigenvalue weighted by Crippen LogP contribution is 2.33. The highest BCUT2D eigenvalue weighted by atomic mass is 32.1. The van der Waals surface area contributed by atoms with Crippen LogP contribution in [-0.4, -0.2) is 34.0 Å². The first-order chi connectivity index (χ1) is 13.5. The molecule has 0 spiro atoms. The molecule has 1 unspecified atom stereocenters. The lowest BCUT2D eigenvalue weighted by Crippen LogP contribution is -2.39. The summed E-state index contributed by atoms with van der Waals surface area (Å²) >= 11 is 3.06. The van der Waals surface area contributed by atoms with Crippen LogP contribution in [0, 0.1) is 18.7 Å². The normalized spacial score (nSPS) is 16.3. The van der Waals surface area contributed by atoms with Crippen LogP contribution in [0.3, 0.4) is 0 Å². The van der Waals surface area contributed by atoms with Gasteiger partial charge in [-0.15, -0.1) is 11.3 Å². The van der Waals surface area contributed by atoms with Gasteiger partial charge in [0, 0.05) is 24.0 Å². The van der Waals surface area contributed by atoms with Gasteiger partial charge in [-0.05, 0) is 54.8 Å². The zero-order chi connectivity index (χ0) is 19.7. The molecule has 3 heterocycles. The highest BCUT2D eigenvalue weighted by molar-refractivity contribution is 7.17. The fraction of sp³-hybridized carbons (Fsp3) is 0.333. The van der Waals surface area contributed by atoms with Gasteiger partial charge in [-0.1, -0.05) is 12.1 Å². The molecule has 0 radical (unpaired) electrons. The predicted molar refractivity (Wildman–Crippen MR) is 110 cm³/mol. The highest BCUT2D eigenvalue weighted by Gasteiger charge is 2.30. The molecule has 0 saturated carbocycles. The van der Waals surface area contributed by atoms with Crippen molar-refractivity contribution >= 4 is 28.6 Å². The fourth-order valence-corrected chi connectivity index (χ4v) is 5.34. The van der Waals surface area contributed by atoms with Crippen molar-refractivity contribution < 1.29 is 14.3 Å². The molecule has 3 aromatic rings. The predicted octanol–water partition coefficient (Wildman–Crippen LogP) is 4.90. The first kappa shape index (κ1) is 19.2. The summed E-state index contributed by atoms with van der Waals surface area (Å²) in [4.78, 5) is 20.1. The molecular weight excluding hydrogens is 395 g/mol. The number of nitrogens with zero attached hydrogens (tertiary/aromatic N) is 2. The molecule has 146 valence electrons. The lowest BCUT2D eigenvalue weighted by atomic mass is 9.87.